The highest BCUT2D eigenvalue weighted by atomic mass is 16.5. The first-order valence-electron chi connectivity index (χ1n) is 9.93. The van der Waals surface area contributed by atoms with Gasteiger partial charge in [0.25, 0.3) is 0 Å². The van der Waals surface area contributed by atoms with Gasteiger partial charge in [0, 0.05) is 19.3 Å². The van der Waals surface area contributed by atoms with Gasteiger partial charge in [-0.3, -0.25) is 14.4 Å². The van der Waals surface area contributed by atoms with Crippen molar-refractivity contribution in [3.8, 4) is 0 Å². The SMILES string of the molecule is COCC(=O)Nc1cccc(CNC(=O)CNC(=O)Cc2cccc3ccccc23)c1. The predicted octanol–water partition coefficient (Wildman–Crippen LogP) is 2.40. The molecule has 0 spiro atoms. The molecule has 3 amide bonds. The Morgan fingerprint density at radius 1 is 0.839 bits per heavy atom. The molecule has 0 saturated carbocycles. The first-order chi connectivity index (χ1) is 15.0. The summed E-state index contributed by atoms with van der Waals surface area (Å²) in [5.74, 6) is -0.757. The molecular weight excluding hydrogens is 394 g/mol. The number of hydrogen-bond donors (Lipinski definition) is 3. The number of hydrogen-bond acceptors (Lipinski definition) is 4. The minimum atomic E-state index is -0.292. The number of benzene rings is 3. The van der Waals surface area contributed by atoms with E-state index in [1.807, 2.05) is 48.5 Å². The van der Waals surface area contributed by atoms with Gasteiger partial charge in [0.2, 0.25) is 17.7 Å². The van der Waals surface area contributed by atoms with Crippen LogP contribution in [0.25, 0.3) is 10.8 Å². The van der Waals surface area contributed by atoms with Crippen LogP contribution in [0, 0.1) is 0 Å². The van der Waals surface area contributed by atoms with E-state index in [2.05, 4.69) is 16.0 Å². The zero-order valence-corrected chi connectivity index (χ0v) is 17.3. The van der Waals surface area contributed by atoms with Crippen LogP contribution in [0.15, 0.2) is 66.7 Å². The third-order valence-electron chi connectivity index (χ3n) is 4.65. The maximum Gasteiger partial charge on any atom is 0.250 e. The fourth-order valence-corrected chi connectivity index (χ4v) is 3.21. The van der Waals surface area contributed by atoms with E-state index in [4.69, 9.17) is 4.74 Å². The lowest BCUT2D eigenvalue weighted by Crippen LogP contribution is -2.37. The summed E-state index contributed by atoms with van der Waals surface area (Å²) in [6.45, 7) is 0.152. The summed E-state index contributed by atoms with van der Waals surface area (Å²) in [5, 5.41) is 10.2. The Kier molecular flexibility index (Phi) is 7.73. The summed E-state index contributed by atoms with van der Waals surface area (Å²) >= 11 is 0. The highest BCUT2D eigenvalue weighted by Gasteiger charge is 2.09. The van der Waals surface area contributed by atoms with Crippen molar-refractivity contribution < 1.29 is 19.1 Å². The van der Waals surface area contributed by atoms with Crippen molar-refractivity contribution in [3.05, 3.63) is 77.9 Å². The fraction of sp³-hybridized carbons (Fsp3) is 0.208. The lowest BCUT2D eigenvalue weighted by atomic mass is 10.0. The Labute approximate surface area is 180 Å². The molecule has 3 N–H and O–H groups in total. The molecular formula is C24H25N3O4. The Morgan fingerprint density at radius 3 is 2.45 bits per heavy atom. The molecule has 0 aliphatic heterocycles. The van der Waals surface area contributed by atoms with E-state index < -0.39 is 0 Å². The number of nitrogens with one attached hydrogen (secondary N) is 3. The third-order valence-corrected chi connectivity index (χ3v) is 4.65. The van der Waals surface area contributed by atoms with Gasteiger partial charge in [-0.25, -0.2) is 0 Å². The summed E-state index contributed by atoms with van der Waals surface area (Å²) < 4.78 is 4.79. The number of methoxy groups -OCH3 is 1. The van der Waals surface area contributed by atoms with E-state index in [0.29, 0.717) is 5.69 Å². The number of carbonyl (C=O) groups is 3. The van der Waals surface area contributed by atoms with Crippen LogP contribution in [0.3, 0.4) is 0 Å². The molecule has 0 unspecified atom stereocenters. The predicted molar refractivity (Wildman–Crippen MR) is 119 cm³/mol. The molecule has 31 heavy (non-hydrogen) atoms. The Balaban J connectivity index is 1.46. The number of ether oxygens (including phenoxy) is 1. The van der Waals surface area contributed by atoms with Gasteiger partial charge in [0.05, 0.1) is 13.0 Å². The maximum atomic E-state index is 12.3. The minimum Gasteiger partial charge on any atom is -0.375 e. The number of carbonyl (C=O) groups excluding carboxylic acids is 3. The summed E-state index contributed by atoms with van der Waals surface area (Å²) in [6, 6.07) is 20.9. The molecule has 3 rings (SSSR count). The van der Waals surface area contributed by atoms with Crippen molar-refractivity contribution in [2.45, 2.75) is 13.0 Å². The second-order valence-corrected chi connectivity index (χ2v) is 7.05. The van der Waals surface area contributed by atoms with Gasteiger partial charge in [-0.1, -0.05) is 54.6 Å². The van der Waals surface area contributed by atoms with Gasteiger partial charge in [0.15, 0.2) is 0 Å². The quantitative estimate of drug-likeness (QED) is 0.496. The van der Waals surface area contributed by atoms with E-state index >= 15 is 0 Å². The summed E-state index contributed by atoms with van der Waals surface area (Å²) in [6.07, 6.45) is 0.206. The number of anilines is 1. The van der Waals surface area contributed by atoms with Crippen molar-refractivity contribution in [1.82, 2.24) is 10.6 Å². The molecule has 0 aliphatic rings. The van der Waals surface area contributed by atoms with Crippen LogP contribution in [-0.4, -0.2) is 38.0 Å². The average molecular weight is 419 g/mol. The molecule has 0 heterocycles. The standard InChI is InChI=1S/C24H25N3O4/c1-31-16-24(30)27-20-10-4-6-17(12-20)14-25-23(29)15-26-22(28)13-19-9-5-8-18-7-2-3-11-21(18)19/h2-12H,13-16H2,1H3,(H,25,29)(H,26,28)(H,27,30). The van der Waals surface area contributed by atoms with Gasteiger partial charge >= 0.3 is 0 Å². The molecule has 160 valence electrons. The second kappa shape index (κ2) is 10.9. The van der Waals surface area contributed by atoms with Crippen molar-refractivity contribution >= 4 is 34.2 Å². The summed E-state index contributed by atoms with van der Waals surface area (Å²) in [4.78, 5) is 36.0. The molecule has 3 aromatic rings. The molecule has 0 aliphatic carbocycles. The average Bonchev–Trinajstić information content (AvgIpc) is 2.77. The number of fused-ring (bicyclic) bond motifs is 1. The van der Waals surface area contributed by atoms with Gasteiger partial charge in [-0.2, -0.15) is 0 Å². The lowest BCUT2D eigenvalue weighted by Gasteiger charge is -2.10. The third kappa shape index (κ3) is 6.65. The molecule has 0 saturated heterocycles. The fourth-order valence-electron chi connectivity index (χ4n) is 3.21. The van der Waals surface area contributed by atoms with Crippen LogP contribution in [0.2, 0.25) is 0 Å². The first kappa shape index (κ1) is 22.0. The van der Waals surface area contributed by atoms with Crippen molar-refractivity contribution in [1.29, 1.82) is 0 Å². The Bertz CT molecular complexity index is 1080. The monoisotopic (exact) mass is 419 g/mol. The smallest absolute Gasteiger partial charge is 0.250 e. The van der Waals surface area contributed by atoms with Crippen molar-refractivity contribution in [2.24, 2.45) is 0 Å². The molecule has 7 nitrogen and oxygen atoms in total. The van der Waals surface area contributed by atoms with Gasteiger partial charge in [-0.05, 0) is 34.0 Å². The molecule has 0 bridgehead atoms. The van der Waals surface area contributed by atoms with Crippen LogP contribution >= 0.6 is 0 Å². The second-order valence-electron chi connectivity index (χ2n) is 7.05. The van der Waals surface area contributed by atoms with Gasteiger partial charge < -0.3 is 20.7 Å². The van der Waals surface area contributed by atoms with Crippen LogP contribution in [0.1, 0.15) is 11.1 Å². The maximum absolute atomic E-state index is 12.3. The van der Waals surface area contributed by atoms with Gasteiger partial charge in [-0.15, -0.1) is 0 Å². The van der Waals surface area contributed by atoms with E-state index in [1.54, 1.807) is 18.2 Å². The normalized spacial score (nSPS) is 10.5. The van der Waals surface area contributed by atoms with Crippen LogP contribution in [0.4, 0.5) is 5.69 Å². The van der Waals surface area contributed by atoms with E-state index in [-0.39, 0.29) is 43.8 Å². The summed E-state index contributed by atoms with van der Waals surface area (Å²) in [5.41, 5.74) is 2.37. The van der Waals surface area contributed by atoms with Crippen molar-refractivity contribution in [3.63, 3.8) is 0 Å². The molecule has 7 heteroatoms. The molecule has 0 radical (unpaired) electrons. The highest BCUT2D eigenvalue weighted by Crippen LogP contribution is 2.18. The highest BCUT2D eigenvalue weighted by molar-refractivity contribution is 5.92. The number of rotatable bonds is 9. The van der Waals surface area contributed by atoms with Crippen LogP contribution in [0.5, 0.6) is 0 Å². The van der Waals surface area contributed by atoms with E-state index in [1.165, 1.54) is 7.11 Å². The lowest BCUT2D eigenvalue weighted by molar-refractivity contribution is -0.125. The molecule has 3 aromatic carbocycles. The largest absolute Gasteiger partial charge is 0.375 e. The Hall–Kier alpha value is -3.71. The first-order valence-corrected chi connectivity index (χ1v) is 9.93. The number of amides is 3. The molecule has 0 aromatic heterocycles. The van der Waals surface area contributed by atoms with E-state index in [0.717, 1.165) is 21.9 Å². The van der Waals surface area contributed by atoms with Gasteiger partial charge in [0.1, 0.15) is 6.61 Å². The molecule has 0 fully saturated rings. The minimum absolute atomic E-state index is 0.0283. The van der Waals surface area contributed by atoms with Crippen LogP contribution < -0.4 is 16.0 Å². The topological polar surface area (TPSA) is 96.5 Å². The zero-order chi connectivity index (χ0) is 22.1. The van der Waals surface area contributed by atoms with Crippen LogP contribution in [-0.2, 0) is 32.1 Å². The van der Waals surface area contributed by atoms with E-state index in [9.17, 15) is 14.4 Å². The van der Waals surface area contributed by atoms with Crippen molar-refractivity contribution in [2.75, 3.05) is 25.6 Å². The Morgan fingerprint density at radius 2 is 1.61 bits per heavy atom. The summed E-state index contributed by atoms with van der Waals surface area (Å²) in [7, 11) is 1.45. The zero-order valence-electron chi connectivity index (χ0n) is 17.3. The molecule has 0 atom stereocenters.